The predicted molar refractivity (Wildman–Crippen MR) is 75.0 cm³/mol. The van der Waals surface area contributed by atoms with E-state index in [1.54, 1.807) is 23.9 Å². The number of benzene rings is 1. The quantitative estimate of drug-likeness (QED) is 0.851. The minimum atomic E-state index is -0.421. The van der Waals surface area contributed by atoms with Gasteiger partial charge in [-0.15, -0.1) is 11.8 Å². The van der Waals surface area contributed by atoms with Crippen molar-refractivity contribution in [2.24, 2.45) is 5.41 Å². The first kappa shape index (κ1) is 14.8. The van der Waals surface area contributed by atoms with Crippen LogP contribution in [0.4, 0.5) is 0 Å². The van der Waals surface area contributed by atoms with Gasteiger partial charge >= 0.3 is 0 Å². The molecule has 0 fully saturated rings. The average Bonchev–Trinajstić information content (AvgIpc) is 2.34. The maximum Gasteiger partial charge on any atom is 0.251 e. The second-order valence-electron chi connectivity index (χ2n) is 5.08. The maximum absolute atomic E-state index is 11.8. The molecule has 1 amide bonds. The summed E-state index contributed by atoms with van der Waals surface area (Å²) in [5.41, 5.74) is 0.158. The molecule has 0 saturated heterocycles. The molecule has 0 aliphatic heterocycles. The Morgan fingerprint density at radius 1 is 1.17 bits per heavy atom. The van der Waals surface area contributed by atoms with E-state index >= 15 is 0 Å². The number of carbonyl (C=O) groups excluding carboxylic acids is 2. The number of amides is 1. The molecule has 0 radical (unpaired) electrons. The molecule has 1 N–H and O–H groups in total. The minimum Gasteiger partial charge on any atom is -0.345 e. The van der Waals surface area contributed by atoms with Crippen LogP contribution < -0.4 is 5.32 Å². The second kappa shape index (κ2) is 6.05. The van der Waals surface area contributed by atoms with Gasteiger partial charge in [-0.3, -0.25) is 9.59 Å². The molecule has 0 spiro atoms. The van der Waals surface area contributed by atoms with Crippen LogP contribution in [0.2, 0.25) is 0 Å². The van der Waals surface area contributed by atoms with Crippen LogP contribution in [0.3, 0.4) is 0 Å². The van der Waals surface area contributed by atoms with Crippen LogP contribution in [-0.2, 0) is 4.79 Å². The molecule has 0 saturated carbocycles. The Morgan fingerprint density at radius 2 is 1.72 bits per heavy atom. The van der Waals surface area contributed by atoms with Gasteiger partial charge in [0.05, 0.1) is 6.54 Å². The Labute approximate surface area is 112 Å². The summed E-state index contributed by atoms with van der Waals surface area (Å²) in [6.45, 7) is 5.60. The second-order valence-corrected chi connectivity index (χ2v) is 5.96. The van der Waals surface area contributed by atoms with E-state index in [0.29, 0.717) is 5.56 Å². The van der Waals surface area contributed by atoms with Gasteiger partial charge in [-0.2, -0.15) is 0 Å². The van der Waals surface area contributed by atoms with Crippen LogP contribution in [-0.4, -0.2) is 24.5 Å². The average molecular weight is 265 g/mol. The van der Waals surface area contributed by atoms with Crippen LogP contribution in [0.25, 0.3) is 0 Å². The highest BCUT2D eigenvalue weighted by molar-refractivity contribution is 7.98. The highest BCUT2D eigenvalue weighted by Gasteiger charge is 2.21. The van der Waals surface area contributed by atoms with Gasteiger partial charge in [-0.1, -0.05) is 20.8 Å². The van der Waals surface area contributed by atoms with Crippen molar-refractivity contribution in [1.82, 2.24) is 5.32 Å². The molecule has 0 heterocycles. The first-order chi connectivity index (χ1) is 8.34. The highest BCUT2D eigenvalue weighted by Crippen LogP contribution is 2.15. The van der Waals surface area contributed by atoms with E-state index in [2.05, 4.69) is 5.32 Å². The molecule has 98 valence electrons. The number of ketones is 1. The van der Waals surface area contributed by atoms with Crippen molar-refractivity contribution in [3.8, 4) is 0 Å². The Hall–Kier alpha value is -1.29. The molecule has 18 heavy (non-hydrogen) atoms. The molecule has 0 aliphatic rings. The van der Waals surface area contributed by atoms with E-state index in [1.807, 2.05) is 39.2 Å². The van der Waals surface area contributed by atoms with E-state index in [0.717, 1.165) is 4.90 Å². The zero-order valence-electron chi connectivity index (χ0n) is 11.2. The van der Waals surface area contributed by atoms with Crippen LogP contribution in [0.5, 0.6) is 0 Å². The lowest BCUT2D eigenvalue weighted by molar-refractivity contribution is -0.125. The summed E-state index contributed by atoms with van der Waals surface area (Å²) in [7, 11) is 0. The molecular formula is C14H19NO2S. The summed E-state index contributed by atoms with van der Waals surface area (Å²) >= 11 is 1.63. The van der Waals surface area contributed by atoms with Gasteiger partial charge in [0.25, 0.3) is 5.91 Å². The molecule has 1 rings (SSSR count). The number of Topliss-reactive ketones (excluding diaryl/α,β-unsaturated/α-hetero) is 1. The van der Waals surface area contributed by atoms with Crippen molar-refractivity contribution in [2.45, 2.75) is 25.7 Å². The van der Waals surface area contributed by atoms with Crippen LogP contribution in [0, 0.1) is 5.41 Å². The van der Waals surface area contributed by atoms with Crippen molar-refractivity contribution in [2.75, 3.05) is 12.8 Å². The van der Waals surface area contributed by atoms with E-state index in [-0.39, 0.29) is 18.2 Å². The Bertz CT molecular complexity index is 432. The number of hydrogen-bond acceptors (Lipinski definition) is 3. The predicted octanol–water partition coefficient (Wildman–Crippen LogP) is 2.75. The third kappa shape index (κ3) is 4.18. The number of thioether (sulfide) groups is 1. The Balaban J connectivity index is 2.58. The Morgan fingerprint density at radius 3 is 2.17 bits per heavy atom. The van der Waals surface area contributed by atoms with Crippen molar-refractivity contribution in [3.63, 3.8) is 0 Å². The smallest absolute Gasteiger partial charge is 0.251 e. The summed E-state index contributed by atoms with van der Waals surface area (Å²) in [5, 5.41) is 2.65. The minimum absolute atomic E-state index is 0.0246. The van der Waals surface area contributed by atoms with Crippen molar-refractivity contribution in [3.05, 3.63) is 29.8 Å². The van der Waals surface area contributed by atoms with Crippen molar-refractivity contribution in [1.29, 1.82) is 0 Å². The fraction of sp³-hybridized carbons (Fsp3) is 0.429. The van der Waals surface area contributed by atoms with Crippen LogP contribution in [0.1, 0.15) is 31.1 Å². The normalized spacial score (nSPS) is 11.1. The van der Waals surface area contributed by atoms with Gasteiger partial charge < -0.3 is 5.32 Å². The molecule has 4 heteroatoms. The lowest BCUT2D eigenvalue weighted by Gasteiger charge is -2.16. The SMILES string of the molecule is CSc1ccc(C(=O)NCC(=O)C(C)(C)C)cc1. The fourth-order valence-corrected chi connectivity index (χ4v) is 1.68. The summed E-state index contributed by atoms with van der Waals surface area (Å²) < 4.78 is 0. The first-order valence-electron chi connectivity index (χ1n) is 5.80. The number of rotatable bonds is 4. The molecule has 0 aromatic heterocycles. The molecule has 3 nitrogen and oxygen atoms in total. The highest BCUT2D eigenvalue weighted by atomic mass is 32.2. The molecule has 1 aromatic rings. The maximum atomic E-state index is 11.8. The first-order valence-corrected chi connectivity index (χ1v) is 7.02. The van der Waals surface area contributed by atoms with E-state index < -0.39 is 5.41 Å². The number of nitrogens with one attached hydrogen (secondary N) is 1. The summed E-state index contributed by atoms with van der Waals surface area (Å²) in [5.74, 6) is -0.183. The third-order valence-electron chi connectivity index (χ3n) is 2.60. The van der Waals surface area contributed by atoms with Crippen LogP contribution in [0.15, 0.2) is 29.2 Å². The lowest BCUT2D eigenvalue weighted by atomic mass is 9.91. The van der Waals surface area contributed by atoms with Crippen LogP contribution >= 0.6 is 11.8 Å². The topological polar surface area (TPSA) is 46.2 Å². The van der Waals surface area contributed by atoms with E-state index in [1.165, 1.54) is 0 Å². The Kier molecular flexibility index (Phi) is 4.96. The van der Waals surface area contributed by atoms with E-state index in [4.69, 9.17) is 0 Å². The molecule has 0 unspecified atom stereocenters. The van der Waals surface area contributed by atoms with Gasteiger partial charge in [-0.05, 0) is 30.5 Å². The molecule has 0 atom stereocenters. The largest absolute Gasteiger partial charge is 0.345 e. The third-order valence-corrected chi connectivity index (χ3v) is 3.34. The summed E-state index contributed by atoms with van der Waals surface area (Å²) in [6, 6.07) is 7.32. The van der Waals surface area contributed by atoms with Gasteiger partial charge in [0.1, 0.15) is 0 Å². The molecular weight excluding hydrogens is 246 g/mol. The zero-order chi connectivity index (χ0) is 13.8. The van der Waals surface area contributed by atoms with Gasteiger partial charge in [0.15, 0.2) is 5.78 Å². The molecule has 0 aliphatic carbocycles. The molecule has 0 bridgehead atoms. The summed E-state index contributed by atoms with van der Waals surface area (Å²) in [6.07, 6.45) is 1.98. The monoisotopic (exact) mass is 265 g/mol. The lowest BCUT2D eigenvalue weighted by Crippen LogP contribution is -2.35. The van der Waals surface area contributed by atoms with Gasteiger partial charge in [-0.25, -0.2) is 0 Å². The summed E-state index contributed by atoms with van der Waals surface area (Å²) in [4.78, 5) is 24.6. The van der Waals surface area contributed by atoms with Crippen molar-refractivity contribution >= 4 is 23.5 Å². The van der Waals surface area contributed by atoms with E-state index in [9.17, 15) is 9.59 Å². The fourth-order valence-electron chi connectivity index (χ4n) is 1.27. The van der Waals surface area contributed by atoms with Gasteiger partial charge in [0.2, 0.25) is 0 Å². The standard InChI is InChI=1S/C14H19NO2S/c1-14(2,3)12(16)9-15-13(17)10-5-7-11(18-4)8-6-10/h5-8H,9H2,1-4H3,(H,15,17). The number of carbonyl (C=O) groups is 2. The zero-order valence-corrected chi connectivity index (χ0v) is 12.1. The van der Waals surface area contributed by atoms with Crippen molar-refractivity contribution < 1.29 is 9.59 Å². The van der Waals surface area contributed by atoms with Gasteiger partial charge in [0, 0.05) is 15.9 Å². The molecule has 1 aromatic carbocycles. The number of hydrogen-bond donors (Lipinski definition) is 1.